The lowest BCUT2D eigenvalue weighted by atomic mass is 9.99. The number of carboxylic acid groups (broad SMARTS) is 1. The van der Waals surface area contributed by atoms with Crippen LogP contribution in [0.2, 0.25) is 0 Å². The van der Waals surface area contributed by atoms with Crippen LogP contribution >= 0.6 is 0 Å². The van der Waals surface area contributed by atoms with Gasteiger partial charge in [0.05, 0.1) is 5.69 Å². The van der Waals surface area contributed by atoms with Crippen molar-refractivity contribution >= 4 is 5.97 Å². The van der Waals surface area contributed by atoms with Gasteiger partial charge in [0.1, 0.15) is 0 Å². The number of pyridine rings is 3. The summed E-state index contributed by atoms with van der Waals surface area (Å²) in [4.78, 5) is 23.7. The van der Waals surface area contributed by atoms with E-state index in [9.17, 15) is 9.90 Å². The first kappa shape index (κ1) is 12.9. The topological polar surface area (TPSA) is 76.0 Å². The molecule has 0 saturated carbocycles. The molecule has 1 N–H and O–H groups in total. The van der Waals surface area contributed by atoms with Gasteiger partial charge in [-0.3, -0.25) is 9.97 Å². The lowest BCUT2D eigenvalue weighted by Crippen LogP contribution is -2.03. The van der Waals surface area contributed by atoms with Gasteiger partial charge in [0.25, 0.3) is 0 Å². The Labute approximate surface area is 121 Å². The molecule has 3 heterocycles. The number of nitrogens with zero attached hydrogens (tertiary/aromatic N) is 3. The van der Waals surface area contributed by atoms with Gasteiger partial charge in [-0.15, -0.1) is 0 Å². The van der Waals surface area contributed by atoms with Gasteiger partial charge in [-0.05, 0) is 24.3 Å². The number of aromatic nitrogens is 3. The van der Waals surface area contributed by atoms with Crippen LogP contribution < -0.4 is 0 Å². The molecule has 102 valence electrons. The van der Waals surface area contributed by atoms with Crippen LogP contribution in [0.15, 0.2) is 61.2 Å². The van der Waals surface area contributed by atoms with E-state index in [0.717, 1.165) is 11.1 Å². The molecule has 0 bridgehead atoms. The zero-order valence-electron chi connectivity index (χ0n) is 11.0. The van der Waals surface area contributed by atoms with Crippen LogP contribution in [-0.4, -0.2) is 26.0 Å². The SMILES string of the molecule is O=C(O)c1ncccc1-c1cccnc1-c1cccnc1. The molecule has 0 spiro atoms. The molecule has 0 amide bonds. The summed E-state index contributed by atoms with van der Waals surface area (Å²) < 4.78 is 0. The van der Waals surface area contributed by atoms with Crippen LogP contribution in [0.4, 0.5) is 0 Å². The van der Waals surface area contributed by atoms with Crippen LogP contribution in [-0.2, 0) is 0 Å². The van der Waals surface area contributed by atoms with Crippen LogP contribution in [0.25, 0.3) is 22.4 Å². The largest absolute Gasteiger partial charge is 0.476 e. The second-order valence-electron chi connectivity index (χ2n) is 4.35. The molecule has 0 fully saturated rings. The molecule has 3 aromatic rings. The summed E-state index contributed by atoms with van der Waals surface area (Å²) in [6.45, 7) is 0. The zero-order chi connectivity index (χ0) is 14.7. The van der Waals surface area contributed by atoms with Gasteiger partial charge >= 0.3 is 5.97 Å². The molecule has 0 aliphatic carbocycles. The Morgan fingerprint density at radius 1 is 0.905 bits per heavy atom. The normalized spacial score (nSPS) is 10.3. The van der Waals surface area contributed by atoms with Gasteiger partial charge in [0.15, 0.2) is 5.69 Å². The van der Waals surface area contributed by atoms with Crippen molar-refractivity contribution in [2.24, 2.45) is 0 Å². The Morgan fingerprint density at radius 3 is 2.33 bits per heavy atom. The summed E-state index contributed by atoms with van der Waals surface area (Å²) in [5.74, 6) is -1.06. The van der Waals surface area contributed by atoms with Crippen molar-refractivity contribution < 1.29 is 9.90 Å². The van der Waals surface area contributed by atoms with Crippen molar-refractivity contribution in [3.8, 4) is 22.4 Å². The van der Waals surface area contributed by atoms with Crippen molar-refractivity contribution in [1.82, 2.24) is 15.0 Å². The first-order valence-electron chi connectivity index (χ1n) is 6.31. The second-order valence-corrected chi connectivity index (χ2v) is 4.35. The van der Waals surface area contributed by atoms with E-state index < -0.39 is 5.97 Å². The Balaban J connectivity index is 2.24. The molecular weight excluding hydrogens is 266 g/mol. The zero-order valence-corrected chi connectivity index (χ0v) is 11.0. The van der Waals surface area contributed by atoms with E-state index in [1.807, 2.05) is 18.2 Å². The highest BCUT2D eigenvalue weighted by Crippen LogP contribution is 2.31. The molecule has 3 aromatic heterocycles. The molecule has 5 heteroatoms. The van der Waals surface area contributed by atoms with E-state index >= 15 is 0 Å². The Morgan fingerprint density at radius 2 is 1.62 bits per heavy atom. The van der Waals surface area contributed by atoms with E-state index in [0.29, 0.717) is 11.3 Å². The highest BCUT2D eigenvalue weighted by molar-refractivity contribution is 5.96. The number of hydrogen-bond acceptors (Lipinski definition) is 4. The third-order valence-electron chi connectivity index (χ3n) is 3.04. The average molecular weight is 277 g/mol. The number of rotatable bonds is 3. The highest BCUT2D eigenvalue weighted by atomic mass is 16.4. The van der Waals surface area contributed by atoms with Gasteiger partial charge < -0.3 is 5.11 Å². The van der Waals surface area contributed by atoms with Crippen molar-refractivity contribution in [2.45, 2.75) is 0 Å². The Hall–Kier alpha value is -3.08. The van der Waals surface area contributed by atoms with E-state index in [4.69, 9.17) is 0 Å². The number of hydrogen-bond donors (Lipinski definition) is 1. The second kappa shape index (κ2) is 5.50. The average Bonchev–Trinajstić information content (AvgIpc) is 2.55. The summed E-state index contributed by atoms with van der Waals surface area (Å²) in [5.41, 5.74) is 2.78. The van der Waals surface area contributed by atoms with Crippen LogP contribution in [0, 0.1) is 0 Å². The quantitative estimate of drug-likeness (QED) is 0.796. The predicted molar refractivity (Wildman–Crippen MR) is 77.7 cm³/mol. The Bertz CT molecular complexity index is 788. The third kappa shape index (κ3) is 2.49. The maximum absolute atomic E-state index is 11.3. The minimum atomic E-state index is -1.06. The highest BCUT2D eigenvalue weighted by Gasteiger charge is 2.16. The van der Waals surface area contributed by atoms with Gasteiger partial charge in [-0.1, -0.05) is 12.1 Å². The van der Waals surface area contributed by atoms with E-state index in [2.05, 4.69) is 15.0 Å². The van der Waals surface area contributed by atoms with Crippen molar-refractivity contribution in [3.63, 3.8) is 0 Å². The van der Waals surface area contributed by atoms with E-state index in [1.165, 1.54) is 6.20 Å². The van der Waals surface area contributed by atoms with Gasteiger partial charge in [0.2, 0.25) is 0 Å². The molecule has 3 rings (SSSR count). The predicted octanol–water partition coefficient (Wildman–Crippen LogP) is 2.90. The molecule has 0 aliphatic rings. The molecular formula is C16H11N3O2. The summed E-state index contributed by atoms with van der Waals surface area (Å²) in [7, 11) is 0. The first-order chi connectivity index (χ1) is 10.3. The van der Waals surface area contributed by atoms with Gasteiger partial charge in [0, 0.05) is 41.5 Å². The smallest absolute Gasteiger partial charge is 0.355 e. The molecule has 21 heavy (non-hydrogen) atoms. The molecule has 0 aromatic carbocycles. The first-order valence-corrected chi connectivity index (χ1v) is 6.31. The van der Waals surface area contributed by atoms with E-state index in [-0.39, 0.29) is 5.69 Å². The molecule has 0 unspecified atom stereocenters. The monoisotopic (exact) mass is 277 g/mol. The maximum Gasteiger partial charge on any atom is 0.355 e. The Kier molecular flexibility index (Phi) is 3.39. The molecule has 0 radical (unpaired) electrons. The lowest BCUT2D eigenvalue weighted by Gasteiger charge is -2.10. The van der Waals surface area contributed by atoms with Crippen molar-refractivity contribution in [1.29, 1.82) is 0 Å². The lowest BCUT2D eigenvalue weighted by molar-refractivity contribution is 0.0691. The fourth-order valence-corrected chi connectivity index (χ4v) is 2.15. The number of carboxylic acids is 1. The number of aromatic carboxylic acids is 1. The standard InChI is InChI=1S/C16H11N3O2/c20-16(21)15-13(6-3-9-19-15)12-5-2-8-18-14(12)11-4-1-7-17-10-11/h1-10H,(H,20,21). The molecule has 0 saturated heterocycles. The summed E-state index contributed by atoms with van der Waals surface area (Å²) in [5, 5.41) is 9.29. The van der Waals surface area contributed by atoms with Crippen LogP contribution in [0.5, 0.6) is 0 Å². The summed E-state index contributed by atoms with van der Waals surface area (Å²) >= 11 is 0. The fraction of sp³-hybridized carbons (Fsp3) is 0. The van der Waals surface area contributed by atoms with Crippen LogP contribution in [0.3, 0.4) is 0 Å². The van der Waals surface area contributed by atoms with Gasteiger partial charge in [-0.25, -0.2) is 9.78 Å². The minimum absolute atomic E-state index is 0.00985. The molecule has 0 atom stereocenters. The summed E-state index contributed by atoms with van der Waals surface area (Å²) in [6, 6.07) is 10.7. The van der Waals surface area contributed by atoms with Crippen molar-refractivity contribution in [3.05, 3.63) is 66.9 Å². The van der Waals surface area contributed by atoms with Gasteiger partial charge in [-0.2, -0.15) is 0 Å². The third-order valence-corrected chi connectivity index (χ3v) is 3.04. The van der Waals surface area contributed by atoms with E-state index in [1.54, 1.807) is 36.8 Å². The minimum Gasteiger partial charge on any atom is -0.476 e. The van der Waals surface area contributed by atoms with Crippen molar-refractivity contribution in [2.75, 3.05) is 0 Å². The van der Waals surface area contributed by atoms with Crippen LogP contribution in [0.1, 0.15) is 10.5 Å². The summed E-state index contributed by atoms with van der Waals surface area (Å²) in [6.07, 6.45) is 6.51. The maximum atomic E-state index is 11.3. The fourth-order valence-electron chi connectivity index (χ4n) is 2.15. The molecule has 5 nitrogen and oxygen atoms in total. The number of carbonyl (C=O) groups is 1. The molecule has 0 aliphatic heterocycles.